The Kier molecular flexibility index (Phi) is 4.21. The Morgan fingerprint density at radius 3 is 2.77 bits per heavy atom. The van der Waals surface area contributed by atoms with Gasteiger partial charge in [-0.25, -0.2) is 4.39 Å². The molecule has 0 saturated heterocycles. The summed E-state index contributed by atoms with van der Waals surface area (Å²) in [5.74, 6) is 0.583. The molecule has 0 spiro atoms. The van der Waals surface area contributed by atoms with Gasteiger partial charge in [0.1, 0.15) is 10.8 Å². The van der Waals surface area contributed by atoms with E-state index in [1.807, 2.05) is 13.8 Å². The third-order valence-electron chi connectivity index (χ3n) is 3.00. The van der Waals surface area contributed by atoms with Crippen LogP contribution in [0.1, 0.15) is 28.6 Å². The number of hydrogen-bond acceptors (Lipinski definition) is 7. The van der Waals surface area contributed by atoms with E-state index in [4.69, 9.17) is 4.52 Å². The van der Waals surface area contributed by atoms with Gasteiger partial charge in [0.05, 0.1) is 5.25 Å². The van der Waals surface area contributed by atoms with Crippen molar-refractivity contribution in [1.29, 1.82) is 0 Å². The van der Waals surface area contributed by atoms with Gasteiger partial charge >= 0.3 is 0 Å². The Morgan fingerprint density at radius 1 is 1.27 bits per heavy atom. The SMILES string of the molecule is Cc1nnc(SC(C)c2nc(-c3ccc(C)c(F)c3)no2)s1. The maximum Gasteiger partial charge on any atom is 0.240 e. The molecule has 0 aliphatic carbocycles. The summed E-state index contributed by atoms with van der Waals surface area (Å²) in [7, 11) is 0. The highest BCUT2D eigenvalue weighted by Gasteiger charge is 2.18. The monoisotopic (exact) mass is 336 g/mol. The van der Waals surface area contributed by atoms with Crippen molar-refractivity contribution < 1.29 is 8.91 Å². The fourth-order valence-electron chi connectivity index (χ4n) is 1.78. The van der Waals surface area contributed by atoms with Crippen molar-refractivity contribution in [2.24, 2.45) is 0 Å². The number of rotatable bonds is 4. The molecule has 3 rings (SSSR count). The van der Waals surface area contributed by atoms with Gasteiger partial charge in [0.25, 0.3) is 0 Å². The van der Waals surface area contributed by atoms with Gasteiger partial charge in [-0.2, -0.15) is 4.98 Å². The molecule has 8 heteroatoms. The first kappa shape index (κ1) is 15.1. The first-order valence-corrected chi connectivity index (χ1v) is 8.29. The molecule has 5 nitrogen and oxygen atoms in total. The quantitative estimate of drug-likeness (QED) is 0.665. The van der Waals surface area contributed by atoms with E-state index in [1.165, 1.54) is 29.2 Å². The summed E-state index contributed by atoms with van der Waals surface area (Å²) < 4.78 is 19.8. The van der Waals surface area contributed by atoms with Gasteiger partial charge < -0.3 is 4.52 Å². The molecule has 0 bridgehead atoms. The highest BCUT2D eigenvalue weighted by Crippen LogP contribution is 2.36. The lowest BCUT2D eigenvalue weighted by atomic mass is 10.1. The molecule has 1 atom stereocenters. The topological polar surface area (TPSA) is 64.7 Å². The van der Waals surface area contributed by atoms with E-state index in [0.717, 1.165) is 9.35 Å². The molecule has 1 aromatic carbocycles. The van der Waals surface area contributed by atoms with Gasteiger partial charge in [-0.1, -0.05) is 40.4 Å². The minimum absolute atomic E-state index is 0.0519. The molecule has 0 saturated carbocycles. The van der Waals surface area contributed by atoms with E-state index in [-0.39, 0.29) is 11.1 Å². The van der Waals surface area contributed by atoms with Crippen LogP contribution in [0, 0.1) is 19.7 Å². The second-order valence-electron chi connectivity index (χ2n) is 4.77. The molecule has 0 aliphatic rings. The molecule has 1 unspecified atom stereocenters. The minimum atomic E-state index is -0.282. The fourth-order valence-corrected chi connectivity index (χ4v) is 3.77. The smallest absolute Gasteiger partial charge is 0.240 e. The van der Waals surface area contributed by atoms with E-state index in [0.29, 0.717) is 22.8 Å². The molecule has 2 heterocycles. The molecule has 22 heavy (non-hydrogen) atoms. The maximum atomic E-state index is 13.6. The maximum absolute atomic E-state index is 13.6. The predicted molar refractivity (Wildman–Crippen MR) is 83.3 cm³/mol. The van der Waals surface area contributed by atoms with E-state index in [9.17, 15) is 4.39 Å². The number of aryl methyl sites for hydroxylation is 2. The van der Waals surface area contributed by atoms with Crippen LogP contribution in [0.5, 0.6) is 0 Å². The zero-order valence-electron chi connectivity index (χ0n) is 12.2. The van der Waals surface area contributed by atoms with Crippen molar-refractivity contribution >= 4 is 23.1 Å². The van der Waals surface area contributed by atoms with Crippen molar-refractivity contribution in [2.75, 3.05) is 0 Å². The zero-order valence-corrected chi connectivity index (χ0v) is 13.8. The second kappa shape index (κ2) is 6.13. The summed E-state index contributed by atoms with van der Waals surface area (Å²) in [6.07, 6.45) is 0. The van der Waals surface area contributed by atoms with Crippen molar-refractivity contribution in [2.45, 2.75) is 30.4 Å². The summed E-state index contributed by atoms with van der Waals surface area (Å²) in [5, 5.41) is 12.8. The summed E-state index contributed by atoms with van der Waals surface area (Å²) in [6.45, 7) is 5.57. The molecular weight excluding hydrogens is 323 g/mol. The summed E-state index contributed by atoms with van der Waals surface area (Å²) in [5.41, 5.74) is 1.19. The highest BCUT2D eigenvalue weighted by molar-refractivity contribution is 8.01. The number of hydrogen-bond donors (Lipinski definition) is 0. The van der Waals surface area contributed by atoms with Crippen LogP contribution in [-0.4, -0.2) is 20.3 Å². The number of thioether (sulfide) groups is 1. The van der Waals surface area contributed by atoms with Crippen LogP contribution in [0.3, 0.4) is 0 Å². The Labute approximate surface area is 135 Å². The molecule has 0 radical (unpaired) electrons. The van der Waals surface area contributed by atoms with Crippen LogP contribution in [0.25, 0.3) is 11.4 Å². The van der Waals surface area contributed by atoms with E-state index in [1.54, 1.807) is 19.1 Å². The lowest BCUT2D eigenvalue weighted by Crippen LogP contribution is -1.90. The molecule has 0 amide bonds. The molecule has 0 aliphatic heterocycles. The van der Waals surface area contributed by atoms with Crippen molar-refractivity contribution in [3.8, 4) is 11.4 Å². The Hall–Kier alpha value is -1.80. The Balaban J connectivity index is 1.79. The Morgan fingerprint density at radius 2 is 2.09 bits per heavy atom. The highest BCUT2D eigenvalue weighted by atomic mass is 32.2. The third kappa shape index (κ3) is 3.17. The fraction of sp³-hybridized carbons (Fsp3) is 0.286. The van der Waals surface area contributed by atoms with Gasteiger partial charge in [0.15, 0.2) is 4.34 Å². The average Bonchev–Trinajstić information content (AvgIpc) is 3.11. The molecular formula is C14H13FN4OS2. The molecule has 114 valence electrons. The van der Waals surface area contributed by atoms with Crippen LogP contribution in [0.4, 0.5) is 4.39 Å². The van der Waals surface area contributed by atoms with Crippen molar-refractivity contribution in [3.63, 3.8) is 0 Å². The molecule has 2 aromatic heterocycles. The van der Waals surface area contributed by atoms with E-state index >= 15 is 0 Å². The van der Waals surface area contributed by atoms with Crippen LogP contribution < -0.4 is 0 Å². The Bertz CT molecular complexity index is 802. The van der Waals surface area contributed by atoms with Crippen molar-refractivity contribution in [3.05, 3.63) is 40.5 Å². The zero-order chi connectivity index (χ0) is 15.7. The summed E-state index contributed by atoms with van der Waals surface area (Å²) in [4.78, 5) is 4.35. The largest absolute Gasteiger partial charge is 0.338 e. The first-order valence-electron chi connectivity index (χ1n) is 6.60. The van der Waals surface area contributed by atoms with Gasteiger partial charge in [0.2, 0.25) is 11.7 Å². The minimum Gasteiger partial charge on any atom is -0.338 e. The van der Waals surface area contributed by atoms with Crippen LogP contribution in [-0.2, 0) is 0 Å². The van der Waals surface area contributed by atoms with Gasteiger partial charge in [-0.15, -0.1) is 10.2 Å². The third-order valence-corrected chi connectivity index (χ3v) is 5.02. The summed E-state index contributed by atoms with van der Waals surface area (Å²) >= 11 is 3.02. The lowest BCUT2D eigenvalue weighted by Gasteiger charge is -2.01. The van der Waals surface area contributed by atoms with E-state index < -0.39 is 0 Å². The van der Waals surface area contributed by atoms with Gasteiger partial charge in [0, 0.05) is 5.56 Å². The number of halogens is 1. The van der Waals surface area contributed by atoms with Gasteiger partial charge in [-0.05, 0) is 32.4 Å². The standard InChI is InChI=1S/C14H13FN4OS2/c1-7-4-5-10(6-11(7)15)12-16-13(20-19-12)8(2)21-14-18-17-9(3)22-14/h4-6,8H,1-3H3. The molecule has 0 N–H and O–H groups in total. The second-order valence-corrected chi connectivity index (χ2v) is 7.54. The van der Waals surface area contributed by atoms with Crippen molar-refractivity contribution in [1.82, 2.24) is 20.3 Å². The lowest BCUT2D eigenvalue weighted by molar-refractivity contribution is 0.381. The number of nitrogens with zero attached hydrogens (tertiary/aromatic N) is 4. The predicted octanol–water partition coefficient (Wildman–Crippen LogP) is 4.20. The van der Waals surface area contributed by atoms with Crippen LogP contribution in [0.15, 0.2) is 27.1 Å². The summed E-state index contributed by atoms with van der Waals surface area (Å²) in [6, 6.07) is 4.89. The van der Waals surface area contributed by atoms with Crippen LogP contribution in [0.2, 0.25) is 0 Å². The number of aromatic nitrogens is 4. The molecule has 3 aromatic rings. The first-order chi connectivity index (χ1) is 10.5. The molecule has 0 fully saturated rings. The average molecular weight is 336 g/mol. The normalized spacial score (nSPS) is 12.5. The van der Waals surface area contributed by atoms with Crippen LogP contribution >= 0.6 is 23.1 Å². The van der Waals surface area contributed by atoms with E-state index in [2.05, 4.69) is 20.3 Å². The van der Waals surface area contributed by atoms with Gasteiger partial charge in [-0.3, -0.25) is 0 Å². The number of benzene rings is 1.